The Kier molecular flexibility index (Phi) is 18.4. The van der Waals surface area contributed by atoms with Crippen LogP contribution in [0.5, 0.6) is 23.0 Å². The normalized spacial score (nSPS) is 16.0. The molecule has 4 heterocycles. The third kappa shape index (κ3) is 13.6. The zero-order valence-electron chi connectivity index (χ0n) is 40.0. The molecule has 71 heavy (non-hydrogen) atoms. The van der Waals surface area contributed by atoms with Crippen molar-refractivity contribution in [3.63, 3.8) is 0 Å². The van der Waals surface area contributed by atoms with Crippen molar-refractivity contribution in [3.8, 4) is 23.0 Å². The van der Waals surface area contributed by atoms with Gasteiger partial charge in [0.05, 0.1) is 50.4 Å². The summed E-state index contributed by atoms with van der Waals surface area (Å²) in [5.74, 6) is -4.60. The molecule has 0 spiro atoms. The highest BCUT2D eigenvalue weighted by atomic mass is 19.2. The molecule has 382 valence electrons. The zero-order chi connectivity index (χ0) is 50.5. The van der Waals surface area contributed by atoms with Crippen LogP contribution in [0.4, 0.5) is 30.7 Å². The van der Waals surface area contributed by atoms with Crippen molar-refractivity contribution in [2.24, 2.45) is 10.8 Å². The number of aliphatic hydroxyl groups excluding tert-OH is 2. The smallest absolute Gasteiger partial charge is 0.200 e. The van der Waals surface area contributed by atoms with E-state index in [-0.39, 0.29) is 42.4 Å². The van der Waals surface area contributed by atoms with Crippen molar-refractivity contribution in [3.05, 3.63) is 131 Å². The maximum Gasteiger partial charge on any atom is 0.200 e. The molecule has 1 atom stereocenters. The number of pyridine rings is 2. The van der Waals surface area contributed by atoms with Crippen LogP contribution >= 0.6 is 0 Å². The van der Waals surface area contributed by atoms with Crippen LogP contribution < -0.4 is 24.3 Å². The number of piperidine rings is 2. The summed E-state index contributed by atoms with van der Waals surface area (Å²) in [5.41, 5.74) is 1.98. The van der Waals surface area contributed by atoms with Crippen LogP contribution in [0.25, 0.3) is 21.8 Å². The summed E-state index contributed by atoms with van der Waals surface area (Å²) in [6, 6.07) is 15.2. The fourth-order valence-electron chi connectivity index (χ4n) is 9.97. The second kappa shape index (κ2) is 24.6. The van der Waals surface area contributed by atoms with Crippen LogP contribution in [-0.4, -0.2) is 97.9 Å². The largest absolute Gasteiger partial charge is 0.497 e. The number of nitrogens with zero attached hydrogens (tertiary/aromatic N) is 3. The molecular formula is C54H61F7N4O6. The lowest BCUT2D eigenvalue weighted by molar-refractivity contribution is -0.0191. The van der Waals surface area contributed by atoms with E-state index < -0.39 is 46.4 Å². The van der Waals surface area contributed by atoms with E-state index >= 15 is 0 Å². The Balaban J connectivity index is 0.000000209. The predicted molar refractivity (Wildman–Crippen MR) is 256 cm³/mol. The number of aliphatic hydroxyl groups is 2. The van der Waals surface area contributed by atoms with E-state index in [9.17, 15) is 40.9 Å². The van der Waals surface area contributed by atoms with Crippen LogP contribution in [0.3, 0.4) is 0 Å². The fraction of sp³-hybridized carbons (Fsp3) is 0.444. The highest BCUT2D eigenvalue weighted by Crippen LogP contribution is 2.41. The Morgan fingerprint density at radius 3 is 1.77 bits per heavy atom. The number of hydrogen-bond acceptors (Lipinski definition) is 10. The third-order valence-electron chi connectivity index (χ3n) is 14.2. The Bertz CT molecular complexity index is 2700. The van der Waals surface area contributed by atoms with Crippen LogP contribution in [0.15, 0.2) is 79.1 Å². The van der Waals surface area contributed by atoms with Crippen LogP contribution in [0, 0.1) is 51.6 Å². The number of halogens is 7. The second-order valence-electron chi connectivity index (χ2n) is 18.6. The van der Waals surface area contributed by atoms with E-state index in [1.165, 1.54) is 24.5 Å². The van der Waals surface area contributed by atoms with E-state index in [1.54, 1.807) is 32.4 Å². The first kappa shape index (κ1) is 53.1. The molecule has 2 fully saturated rings. The molecular weight excluding hydrogens is 934 g/mol. The third-order valence-corrected chi connectivity index (χ3v) is 14.2. The summed E-state index contributed by atoms with van der Waals surface area (Å²) >= 11 is 0. The Morgan fingerprint density at radius 2 is 1.21 bits per heavy atom. The molecule has 0 amide bonds. The van der Waals surface area contributed by atoms with Gasteiger partial charge in [0.15, 0.2) is 11.6 Å². The van der Waals surface area contributed by atoms with Gasteiger partial charge in [0.1, 0.15) is 52.9 Å². The molecule has 4 aromatic carbocycles. The fourth-order valence-corrected chi connectivity index (χ4v) is 9.97. The predicted octanol–water partition coefficient (Wildman–Crippen LogP) is 10.5. The van der Waals surface area contributed by atoms with Crippen LogP contribution in [-0.2, 0) is 12.8 Å². The van der Waals surface area contributed by atoms with Crippen molar-refractivity contribution in [1.82, 2.24) is 20.2 Å². The number of ether oxygens (including phenoxy) is 4. The monoisotopic (exact) mass is 994 g/mol. The molecule has 0 radical (unpaired) electrons. The maximum atomic E-state index is 14.7. The van der Waals surface area contributed by atoms with Gasteiger partial charge in [0.25, 0.3) is 0 Å². The number of rotatable bonds is 20. The van der Waals surface area contributed by atoms with Gasteiger partial charge >= 0.3 is 0 Å². The van der Waals surface area contributed by atoms with Gasteiger partial charge in [-0.3, -0.25) is 14.9 Å². The average Bonchev–Trinajstić information content (AvgIpc) is 3.37. The van der Waals surface area contributed by atoms with Gasteiger partial charge in [0, 0.05) is 60.7 Å². The second-order valence-corrected chi connectivity index (χ2v) is 18.6. The van der Waals surface area contributed by atoms with E-state index in [4.69, 9.17) is 18.9 Å². The van der Waals surface area contributed by atoms with Gasteiger partial charge in [0.2, 0.25) is 5.82 Å². The van der Waals surface area contributed by atoms with Crippen molar-refractivity contribution in [2.45, 2.75) is 76.7 Å². The summed E-state index contributed by atoms with van der Waals surface area (Å²) in [5, 5.41) is 26.1. The molecule has 17 heteroatoms. The number of aromatic nitrogens is 2. The number of fused-ring (bicyclic) bond motifs is 2. The highest BCUT2D eigenvalue weighted by molar-refractivity contribution is 5.84. The van der Waals surface area contributed by atoms with Crippen LogP contribution in [0.2, 0.25) is 0 Å². The molecule has 2 aliphatic rings. The number of likely N-dealkylation sites (tertiary alicyclic amines) is 1. The lowest BCUT2D eigenvalue weighted by atomic mass is 9.69. The molecule has 6 aromatic rings. The molecule has 2 saturated heterocycles. The molecule has 2 aromatic heterocycles. The molecule has 1 unspecified atom stereocenters. The van der Waals surface area contributed by atoms with Crippen molar-refractivity contribution < 1.29 is 59.9 Å². The maximum absolute atomic E-state index is 14.7. The SMILES string of the molecule is COc1ccc2ncc(F)c(CCCC3(C(O)CCOc4cc(F)cc(F)c4F)CCNCC3)c2c1.COc1ccc2ncc(F)c(CCCC3(CO)CCN(CCOc4cc(F)cc(F)c4)CC3)c2c1. The number of hydrogen-bond donors (Lipinski definition) is 3. The minimum absolute atomic E-state index is 0.0906. The van der Waals surface area contributed by atoms with Gasteiger partial charge in [-0.05, 0) is 149 Å². The Hall–Kier alpha value is -5.75. The van der Waals surface area contributed by atoms with E-state index in [0.717, 1.165) is 74.9 Å². The summed E-state index contributed by atoms with van der Waals surface area (Å²) in [6.45, 7) is 4.00. The van der Waals surface area contributed by atoms with Crippen molar-refractivity contribution in [1.29, 1.82) is 0 Å². The minimum atomic E-state index is -1.33. The quantitative estimate of drug-likeness (QED) is 0.0504. The summed E-state index contributed by atoms with van der Waals surface area (Å²) in [7, 11) is 3.14. The van der Waals surface area contributed by atoms with E-state index in [1.807, 2.05) is 18.2 Å². The average molecular weight is 995 g/mol. The van der Waals surface area contributed by atoms with Gasteiger partial charge < -0.3 is 34.5 Å². The lowest BCUT2D eigenvalue weighted by Crippen LogP contribution is -2.45. The first-order valence-electron chi connectivity index (χ1n) is 24.0. The number of methoxy groups -OCH3 is 2. The first-order chi connectivity index (χ1) is 34.2. The summed E-state index contributed by atoms with van der Waals surface area (Å²) in [4.78, 5) is 10.6. The molecule has 8 rings (SSSR count). The lowest BCUT2D eigenvalue weighted by Gasteiger charge is -2.42. The molecule has 10 nitrogen and oxygen atoms in total. The summed E-state index contributed by atoms with van der Waals surface area (Å²) < 4.78 is 118. The molecule has 2 aliphatic heterocycles. The number of benzene rings is 4. The zero-order valence-corrected chi connectivity index (χ0v) is 40.0. The van der Waals surface area contributed by atoms with Gasteiger partial charge in [-0.1, -0.05) is 0 Å². The molecule has 3 N–H and O–H groups in total. The standard InChI is InChI=1S/C27H30F4N2O3.C27H31F3N2O3/c1-35-18-4-5-23-20(15-18)19(22(30)16-33-23)3-2-7-27(8-10-32-11-9-27)25(34)6-12-36-24-14-17(28)13-21(29)26(24)31;1-34-21-4-5-26-24(16-21)23(25(30)17-31-26)3-2-6-27(18-33)7-9-32(10-8-27)11-12-35-22-14-19(28)13-20(29)15-22/h4-5,13-16,25,32,34H,2-3,6-12H2,1H3;4-5,13-17,33H,2-3,6-12,18H2,1H3. The minimum Gasteiger partial charge on any atom is -0.497 e. The summed E-state index contributed by atoms with van der Waals surface area (Å²) in [6.07, 6.45) is 8.81. The highest BCUT2D eigenvalue weighted by Gasteiger charge is 2.39. The van der Waals surface area contributed by atoms with Gasteiger partial charge in [-0.15, -0.1) is 0 Å². The van der Waals surface area contributed by atoms with Gasteiger partial charge in [-0.25, -0.2) is 26.3 Å². The molecule has 0 saturated carbocycles. The van der Waals surface area contributed by atoms with Crippen molar-refractivity contribution >= 4 is 21.8 Å². The molecule has 0 aliphatic carbocycles. The van der Waals surface area contributed by atoms with E-state index in [0.29, 0.717) is 91.3 Å². The van der Waals surface area contributed by atoms with Gasteiger partial charge in [-0.2, -0.15) is 4.39 Å². The van der Waals surface area contributed by atoms with E-state index in [2.05, 4.69) is 20.2 Å². The Labute approximate surface area is 409 Å². The number of aryl methyl sites for hydroxylation is 2. The van der Waals surface area contributed by atoms with Crippen molar-refractivity contribution in [2.75, 3.05) is 66.8 Å². The Morgan fingerprint density at radius 1 is 0.648 bits per heavy atom. The molecule has 0 bridgehead atoms. The number of nitrogens with one attached hydrogen (secondary N) is 1. The topological polar surface area (TPSA) is 118 Å². The van der Waals surface area contributed by atoms with Crippen LogP contribution in [0.1, 0.15) is 68.9 Å². The first-order valence-corrected chi connectivity index (χ1v) is 24.0.